The number of aromatic carboxylic acids is 1. The summed E-state index contributed by atoms with van der Waals surface area (Å²) in [4.78, 5) is 39.0. The maximum Gasteiger partial charge on any atom is 0.335 e. The third kappa shape index (κ3) is 6.06. The van der Waals surface area contributed by atoms with E-state index in [9.17, 15) is 14.4 Å². The lowest BCUT2D eigenvalue weighted by Crippen LogP contribution is -2.41. The standard InChI is InChI=1S/C26H25N5O5/c1-2-36-26(35)23-22(24(32)31(29-23)21-11-7-19(8-12-21)25(33)34)17-18-5-9-20(10-6-18)30(15-3-13-27)16-4-14-28/h5-12,17,23,29H,2-4,15-16H2,1H3,(H,33,34)/b22-17-. The van der Waals surface area contributed by atoms with E-state index in [0.29, 0.717) is 37.2 Å². The molecular formula is C26H25N5O5. The molecule has 0 spiro atoms. The molecule has 184 valence electrons. The van der Waals surface area contributed by atoms with Crippen LogP contribution in [0.3, 0.4) is 0 Å². The molecule has 0 aliphatic carbocycles. The summed E-state index contributed by atoms with van der Waals surface area (Å²) in [6.45, 7) is 2.79. The Hall–Kier alpha value is -4.67. The Morgan fingerprint density at radius 2 is 1.69 bits per heavy atom. The minimum atomic E-state index is -1.09. The summed E-state index contributed by atoms with van der Waals surface area (Å²) in [5.41, 5.74) is 4.99. The molecule has 10 nitrogen and oxygen atoms in total. The van der Waals surface area contributed by atoms with Gasteiger partial charge in [0.25, 0.3) is 5.91 Å². The molecule has 1 aliphatic rings. The first-order chi connectivity index (χ1) is 17.4. The zero-order chi connectivity index (χ0) is 26.1. The highest BCUT2D eigenvalue weighted by Crippen LogP contribution is 2.26. The summed E-state index contributed by atoms with van der Waals surface area (Å²) in [7, 11) is 0. The summed E-state index contributed by atoms with van der Waals surface area (Å²) in [6, 6.07) is 16.1. The predicted octanol–water partition coefficient (Wildman–Crippen LogP) is 2.89. The van der Waals surface area contributed by atoms with Crippen molar-refractivity contribution in [2.24, 2.45) is 0 Å². The number of carbonyl (C=O) groups excluding carboxylic acids is 2. The van der Waals surface area contributed by atoms with Crippen molar-refractivity contribution in [1.82, 2.24) is 5.43 Å². The van der Waals surface area contributed by atoms with Crippen molar-refractivity contribution in [3.63, 3.8) is 0 Å². The first kappa shape index (κ1) is 25.9. The molecule has 2 aromatic carbocycles. The average molecular weight is 488 g/mol. The molecule has 0 saturated carbocycles. The molecule has 10 heteroatoms. The van der Waals surface area contributed by atoms with Gasteiger partial charge in [-0.1, -0.05) is 12.1 Å². The van der Waals surface area contributed by atoms with Gasteiger partial charge < -0.3 is 14.7 Å². The highest BCUT2D eigenvalue weighted by Gasteiger charge is 2.41. The fourth-order valence-electron chi connectivity index (χ4n) is 3.71. The fraction of sp³-hybridized carbons (Fsp3) is 0.269. The molecule has 2 aromatic rings. The Kier molecular flexibility index (Phi) is 8.76. The lowest BCUT2D eigenvalue weighted by Gasteiger charge is -2.22. The van der Waals surface area contributed by atoms with Crippen molar-refractivity contribution in [3.8, 4) is 12.1 Å². The quantitative estimate of drug-likeness (QED) is 0.381. The maximum absolute atomic E-state index is 13.3. The van der Waals surface area contributed by atoms with Gasteiger partial charge in [-0.15, -0.1) is 0 Å². The van der Waals surface area contributed by atoms with Crippen molar-refractivity contribution in [1.29, 1.82) is 10.5 Å². The summed E-state index contributed by atoms with van der Waals surface area (Å²) in [5.74, 6) is -2.17. The molecule has 0 bridgehead atoms. The van der Waals surface area contributed by atoms with Crippen LogP contribution in [0.2, 0.25) is 0 Å². The number of nitriles is 2. The van der Waals surface area contributed by atoms with Gasteiger partial charge in [0.2, 0.25) is 0 Å². The van der Waals surface area contributed by atoms with Crippen LogP contribution in [0.5, 0.6) is 0 Å². The van der Waals surface area contributed by atoms with Crippen LogP contribution in [-0.2, 0) is 14.3 Å². The molecule has 1 heterocycles. The van der Waals surface area contributed by atoms with Crippen LogP contribution in [0.4, 0.5) is 11.4 Å². The number of rotatable bonds is 10. The summed E-state index contributed by atoms with van der Waals surface area (Å²) in [6.07, 6.45) is 2.24. The van der Waals surface area contributed by atoms with Crippen LogP contribution in [-0.4, -0.2) is 48.7 Å². The Labute approximate surface area is 208 Å². The smallest absolute Gasteiger partial charge is 0.335 e. The number of carboxylic acids is 1. The number of nitrogens with zero attached hydrogens (tertiary/aromatic N) is 4. The monoisotopic (exact) mass is 487 g/mol. The molecule has 1 unspecified atom stereocenters. The van der Waals surface area contributed by atoms with Crippen molar-refractivity contribution in [2.75, 3.05) is 29.6 Å². The van der Waals surface area contributed by atoms with E-state index in [4.69, 9.17) is 20.4 Å². The van der Waals surface area contributed by atoms with Gasteiger partial charge in [0.05, 0.1) is 42.8 Å². The minimum absolute atomic E-state index is 0.0711. The zero-order valence-corrected chi connectivity index (χ0v) is 19.7. The maximum atomic E-state index is 13.3. The van der Waals surface area contributed by atoms with Gasteiger partial charge in [-0.2, -0.15) is 10.5 Å². The molecule has 1 fully saturated rings. The van der Waals surface area contributed by atoms with Gasteiger partial charge in [-0.05, 0) is 55.0 Å². The zero-order valence-electron chi connectivity index (χ0n) is 19.7. The molecule has 3 rings (SSSR count). The number of carbonyl (C=O) groups is 3. The van der Waals surface area contributed by atoms with Gasteiger partial charge in [-0.25, -0.2) is 20.0 Å². The lowest BCUT2D eigenvalue weighted by atomic mass is 10.0. The molecule has 0 radical (unpaired) electrons. The van der Waals surface area contributed by atoms with Crippen molar-refractivity contribution >= 4 is 35.3 Å². The van der Waals surface area contributed by atoms with Crippen LogP contribution in [0, 0.1) is 22.7 Å². The van der Waals surface area contributed by atoms with E-state index >= 15 is 0 Å². The van der Waals surface area contributed by atoms with Crippen LogP contribution in [0.15, 0.2) is 54.1 Å². The van der Waals surface area contributed by atoms with Gasteiger partial charge in [0.1, 0.15) is 0 Å². The van der Waals surface area contributed by atoms with E-state index in [1.165, 1.54) is 29.3 Å². The lowest BCUT2D eigenvalue weighted by molar-refractivity contribution is -0.144. The van der Waals surface area contributed by atoms with Gasteiger partial charge in [0.15, 0.2) is 6.04 Å². The number of ether oxygens (including phenoxy) is 1. The van der Waals surface area contributed by atoms with Crippen molar-refractivity contribution in [3.05, 3.63) is 65.2 Å². The summed E-state index contributed by atoms with van der Waals surface area (Å²) < 4.78 is 5.14. The average Bonchev–Trinajstić information content (AvgIpc) is 3.21. The van der Waals surface area contributed by atoms with Crippen LogP contribution < -0.4 is 15.3 Å². The third-order valence-electron chi connectivity index (χ3n) is 5.48. The second-order valence-electron chi connectivity index (χ2n) is 7.80. The molecule has 1 atom stereocenters. The van der Waals surface area contributed by atoms with Gasteiger partial charge in [0, 0.05) is 24.4 Å². The Bertz CT molecular complexity index is 1210. The molecule has 2 N–H and O–H groups in total. The largest absolute Gasteiger partial charge is 0.478 e. The summed E-state index contributed by atoms with van der Waals surface area (Å²) in [5, 5.41) is 28.1. The van der Waals surface area contributed by atoms with Gasteiger partial charge in [-0.3, -0.25) is 4.79 Å². The Morgan fingerprint density at radius 3 is 2.22 bits per heavy atom. The molecule has 1 amide bonds. The SMILES string of the molecule is CCOC(=O)C1NN(c2ccc(C(=O)O)cc2)C(=O)/C1=C\c1ccc(N(CCC#N)CCC#N)cc1. The number of hydrogen-bond acceptors (Lipinski definition) is 8. The predicted molar refractivity (Wildman–Crippen MR) is 132 cm³/mol. The number of benzene rings is 2. The number of amides is 1. The topological polar surface area (TPSA) is 147 Å². The number of anilines is 2. The molecule has 0 aromatic heterocycles. The summed E-state index contributed by atoms with van der Waals surface area (Å²) >= 11 is 0. The van der Waals surface area contributed by atoms with Crippen LogP contribution in [0.25, 0.3) is 6.08 Å². The van der Waals surface area contributed by atoms with Crippen molar-refractivity contribution < 1.29 is 24.2 Å². The van der Waals surface area contributed by atoms with E-state index in [2.05, 4.69) is 17.6 Å². The highest BCUT2D eigenvalue weighted by molar-refractivity contribution is 6.15. The Morgan fingerprint density at radius 1 is 1.08 bits per heavy atom. The van der Waals surface area contributed by atoms with E-state index in [-0.39, 0.29) is 17.7 Å². The number of hydrogen-bond donors (Lipinski definition) is 2. The number of nitrogens with one attached hydrogen (secondary N) is 1. The minimum Gasteiger partial charge on any atom is -0.478 e. The normalized spacial score (nSPS) is 15.9. The van der Waals surface area contributed by atoms with E-state index in [0.717, 1.165) is 5.69 Å². The second-order valence-corrected chi connectivity index (χ2v) is 7.80. The number of hydrazine groups is 1. The van der Waals surface area contributed by atoms with Gasteiger partial charge >= 0.3 is 11.9 Å². The molecule has 1 aliphatic heterocycles. The number of carboxylic acid groups (broad SMARTS) is 1. The van der Waals surface area contributed by atoms with Crippen LogP contribution >= 0.6 is 0 Å². The molecular weight excluding hydrogens is 462 g/mol. The van der Waals surface area contributed by atoms with Crippen molar-refractivity contribution in [2.45, 2.75) is 25.8 Å². The first-order valence-corrected chi connectivity index (χ1v) is 11.3. The first-order valence-electron chi connectivity index (χ1n) is 11.3. The highest BCUT2D eigenvalue weighted by atomic mass is 16.5. The molecule has 36 heavy (non-hydrogen) atoms. The second kappa shape index (κ2) is 12.2. The molecule has 1 saturated heterocycles. The fourth-order valence-corrected chi connectivity index (χ4v) is 3.71. The van der Waals surface area contributed by atoms with E-state index < -0.39 is 23.9 Å². The number of esters is 1. The third-order valence-corrected chi connectivity index (χ3v) is 5.48. The van der Waals surface area contributed by atoms with Crippen LogP contribution in [0.1, 0.15) is 35.7 Å². The van der Waals surface area contributed by atoms with E-state index in [1.807, 2.05) is 17.0 Å². The van der Waals surface area contributed by atoms with E-state index in [1.54, 1.807) is 25.1 Å². The Balaban J connectivity index is 1.89.